The van der Waals surface area contributed by atoms with Crippen LogP contribution < -0.4 is 35.3 Å². The normalized spacial score (nSPS) is 24.0. The molecule has 0 spiro atoms. The van der Waals surface area contributed by atoms with E-state index in [4.69, 9.17) is 58.5 Å². The molecular formula is C83H98ClN9O25. The van der Waals surface area contributed by atoms with E-state index in [1.165, 1.54) is 42.9 Å². The summed E-state index contributed by atoms with van der Waals surface area (Å²) in [5.41, 5.74) is 6.39. The number of nitrogens with one attached hydrogen (secondary N) is 3. The summed E-state index contributed by atoms with van der Waals surface area (Å²) in [6, 6.07) is 30.9. The Morgan fingerprint density at radius 1 is 0.568 bits per heavy atom. The number of fused-ring (bicyclic) bond motifs is 1. The second-order valence-electron chi connectivity index (χ2n) is 29.7. The minimum absolute atomic E-state index is 0.00788. The highest BCUT2D eigenvalue weighted by molar-refractivity contribution is 6.32. The first kappa shape index (κ1) is 86.8. The Bertz CT molecular complexity index is 5220. The molecule has 4 fully saturated rings. The van der Waals surface area contributed by atoms with E-state index in [2.05, 4.69) is 36.0 Å². The van der Waals surface area contributed by atoms with Gasteiger partial charge in [-0.25, -0.2) is 14.5 Å². The smallest absolute Gasteiger partial charge is 0.348 e. The van der Waals surface area contributed by atoms with Crippen molar-refractivity contribution in [2.24, 2.45) is 7.05 Å². The summed E-state index contributed by atoms with van der Waals surface area (Å²) in [4.78, 5) is 40.8. The van der Waals surface area contributed by atoms with Gasteiger partial charge in [0.2, 0.25) is 18.9 Å². The minimum Gasteiger partial charge on any atom is -0.507 e. The first-order chi connectivity index (χ1) is 56.3. The monoisotopic (exact) mass is 1660 g/mol. The van der Waals surface area contributed by atoms with E-state index >= 15 is 0 Å². The number of methoxy groups -OCH3 is 1. The number of nitrogens with zero attached hydrogens (tertiary/aromatic N) is 6. The molecule has 0 bridgehead atoms. The van der Waals surface area contributed by atoms with Gasteiger partial charge < -0.3 is 123 Å². The number of rotatable bonds is 21. The number of H-pyrrole nitrogens is 1. The van der Waals surface area contributed by atoms with Crippen LogP contribution in [0.15, 0.2) is 129 Å². The van der Waals surface area contributed by atoms with Crippen LogP contribution in [0, 0.1) is 0 Å². The van der Waals surface area contributed by atoms with Crippen molar-refractivity contribution in [3.8, 4) is 102 Å². The summed E-state index contributed by atoms with van der Waals surface area (Å²) >= 11 is 6.43. The van der Waals surface area contributed by atoms with Crippen LogP contribution in [0.25, 0.3) is 72.9 Å². The molecule has 15 N–H and O–H groups in total. The highest BCUT2D eigenvalue weighted by atomic mass is 35.5. The number of benzene rings is 6. The van der Waals surface area contributed by atoms with E-state index in [0.29, 0.717) is 82.2 Å². The number of aromatic hydroxyl groups is 3. The number of halogens is 1. The average molecular weight is 1660 g/mol. The number of aryl methyl sites for hydroxylation is 1. The molecule has 4 aromatic heterocycles. The lowest BCUT2D eigenvalue weighted by molar-refractivity contribution is -0.268. The molecule has 8 heterocycles. The Labute approximate surface area is 681 Å². The lowest BCUT2D eigenvalue weighted by Crippen LogP contribution is -2.58. The number of hydrogen-bond donors (Lipinski definition) is 15. The van der Waals surface area contributed by atoms with Crippen LogP contribution in [0.4, 0.5) is 0 Å². The highest BCUT2D eigenvalue weighted by Gasteiger charge is 2.47. The molecule has 34 nitrogen and oxygen atoms in total. The summed E-state index contributed by atoms with van der Waals surface area (Å²) < 4.78 is 59.4. The number of aromatic nitrogens is 6. The number of carbonyl (C=O) groups is 2. The minimum atomic E-state index is -1.57. The van der Waals surface area contributed by atoms with Crippen molar-refractivity contribution in [2.45, 2.75) is 173 Å². The number of phenolic OH excluding ortho intramolecular Hbond substituents is 3. The van der Waals surface area contributed by atoms with E-state index < -0.39 is 110 Å². The van der Waals surface area contributed by atoms with Gasteiger partial charge in [-0.05, 0) is 129 Å². The van der Waals surface area contributed by atoms with Crippen LogP contribution in [0.3, 0.4) is 0 Å². The number of morpholine rings is 1. The summed E-state index contributed by atoms with van der Waals surface area (Å²) in [5.74, 6) is -0.337. The van der Waals surface area contributed by atoms with Crippen LogP contribution in [-0.4, -0.2) is 246 Å². The number of carbonyl (C=O) groups excluding carboxylic acids is 2. The van der Waals surface area contributed by atoms with Crippen molar-refractivity contribution in [3.63, 3.8) is 0 Å². The van der Waals surface area contributed by atoms with E-state index in [1.54, 1.807) is 57.2 Å². The standard InChI is InChI=1S/C32H41N3O9.C26H30N4O7.C25H27ClN2O9/c1-5-33-31(40)26-25(20-8-6-19(7-9-20)16-35-10-12-41-13-11-35)30(44-34-26)22-14-21(17(2)3)24(15-23(22)36)43-32-29(39)28(38)27(37)18(4)42-32;1-12(2)16-10-17(19(31)11-20(16)37-25-23(34)22(33)21(32)13(3)36-25)24-27-28-26(35)30(24)15-5-6-18-14(9-15)7-8-29(18)4;1-4-27-24(33)19-18(12-5-7-13(34-3)8-6-12)23(37-28-19)14-9-15(26)17(10-16(14)29)36-25-22(32)21(31)20(30)11(2)35-25/h6-9,14-15,17-18,27-29,32,36-39H,5,10-13,16H2,1-4H3,(H,33,40);5-13,21-23,25,31-34H,1-4H3,(H,28,35);5-11,20-22,25,29-32H,4H2,1-3H3,(H,27,33)/t18-,27+,28+,29-,32-;13-,21+,22+,23-,25-;11-,20+,21+,22-,25-/m000/s1. The number of aliphatic hydroxyl groups is 9. The third-order valence-corrected chi connectivity index (χ3v) is 21.2. The van der Waals surface area contributed by atoms with Gasteiger partial charge in [0, 0.05) is 75.1 Å². The largest absolute Gasteiger partial charge is 0.507 e. The molecule has 0 saturated carbocycles. The topological polar surface area (TPSA) is 486 Å². The van der Waals surface area contributed by atoms with Gasteiger partial charge in [-0.15, -0.1) is 0 Å². The molecule has 14 rings (SSSR count). The molecule has 15 atom stereocenters. The van der Waals surface area contributed by atoms with Crippen molar-refractivity contribution < 1.29 is 118 Å². The lowest BCUT2D eigenvalue weighted by atomic mass is 9.93. The predicted octanol–water partition coefficient (Wildman–Crippen LogP) is 6.71. The van der Waals surface area contributed by atoms with Crippen LogP contribution in [0.2, 0.25) is 5.02 Å². The highest BCUT2D eigenvalue weighted by Crippen LogP contribution is 2.48. The Kier molecular flexibility index (Phi) is 27.4. The van der Waals surface area contributed by atoms with Crippen LogP contribution in [0.5, 0.6) is 40.2 Å². The van der Waals surface area contributed by atoms with Crippen LogP contribution in [0.1, 0.15) is 112 Å². The van der Waals surface area contributed by atoms with Gasteiger partial charge in [0.25, 0.3) is 11.8 Å². The molecule has 4 aliphatic rings. The molecule has 2 amide bonds. The van der Waals surface area contributed by atoms with Crippen molar-refractivity contribution in [3.05, 3.63) is 159 Å². The van der Waals surface area contributed by atoms with Gasteiger partial charge in [-0.3, -0.25) is 14.5 Å². The third-order valence-electron chi connectivity index (χ3n) is 20.9. The second-order valence-corrected chi connectivity index (χ2v) is 30.1. The maximum Gasteiger partial charge on any atom is 0.348 e. The molecule has 632 valence electrons. The number of phenols is 3. The van der Waals surface area contributed by atoms with E-state index in [1.807, 2.05) is 101 Å². The van der Waals surface area contributed by atoms with Gasteiger partial charge >= 0.3 is 5.69 Å². The summed E-state index contributed by atoms with van der Waals surface area (Å²) in [7, 11) is 3.47. The average Bonchev–Trinajstić information content (AvgIpc) is 1.52. The summed E-state index contributed by atoms with van der Waals surface area (Å²) in [6.45, 7) is 20.6. The zero-order valence-corrected chi connectivity index (χ0v) is 67.2. The molecule has 10 aromatic rings. The molecule has 6 aromatic carbocycles. The van der Waals surface area contributed by atoms with Gasteiger partial charge in [-0.1, -0.05) is 86.0 Å². The maximum absolute atomic E-state index is 13.0. The molecule has 0 radical (unpaired) electrons. The first-order valence-electron chi connectivity index (χ1n) is 38.5. The molecule has 118 heavy (non-hydrogen) atoms. The zero-order valence-electron chi connectivity index (χ0n) is 66.5. The Morgan fingerprint density at radius 2 is 1.01 bits per heavy atom. The maximum atomic E-state index is 13.0. The molecule has 4 aliphatic heterocycles. The Morgan fingerprint density at radius 3 is 1.47 bits per heavy atom. The van der Waals surface area contributed by atoms with E-state index in [-0.39, 0.29) is 85.7 Å². The molecular weight excluding hydrogens is 1560 g/mol. The predicted molar refractivity (Wildman–Crippen MR) is 427 cm³/mol. The number of amides is 2. The lowest BCUT2D eigenvalue weighted by Gasteiger charge is -2.39. The van der Waals surface area contributed by atoms with Crippen molar-refractivity contribution in [1.82, 2.24) is 45.2 Å². The van der Waals surface area contributed by atoms with Gasteiger partial charge in [0.05, 0.1) is 77.2 Å². The molecule has 0 unspecified atom stereocenters. The number of aromatic amines is 1. The van der Waals surface area contributed by atoms with E-state index in [9.17, 15) is 75.7 Å². The van der Waals surface area contributed by atoms with Crippen molar-refractivity contribution in [1.29, 1.82) is 0 Å². The number of aliphatic hydroxyl groups excluding tert-OH is 9. The Balaban J connectivity index is 0.000000164. The zero-order chi connectivity index (χ0) is 85.0. The van der Waals surface area contributed by atoms with Gasteiger partial charge in [-0.2, -0.15) is 5.10 Å². The summed E-state index contributed by atoms with van der Waals surface area (Å²) in [5, 5.41) is 146. The van der Waals surface area contributed by atoms with Crippen molar-refractivity contribution in [2.75, 3.05) is 46.5 Å². The third kappa shape index (κ3) is 18.4. The Hall–Kier alpha value is -10.5. The molecule has 4 saturated heterocycles. The van der Waals surface area contributed by atoms with Crippen LogP contribution in [-0.2, 0) is 32.5 Å². The SMILES string of the molecule is CC(C)c1cc(-c2n[nH]c(=O)n2-c2ccc3c(ccn3C)c2)c(O)cc1O[C@@H]1O[C@@H](C)[C@@H](O)[C@@H](O)[C@@H]1O.CCNC(=O)c1noc(-c2cc(C(C)C)c(O[C@@H]3O[C@@H](C)[C@@H](O)[C@@H](O)[C@@H]3O)cc2O)c1-c1ccc(CN2CCOCC2)cc1.CCNC(=O)c1noc(-c2cc(Cl)c(O[C@@H]3O[C@@H](C)[C@@H](O)[C@@H](O)[C@@H]3O)cc2O)c1-c1ccc(OC)cc1. The van der Waals surface area contributed by atoms with Crippen LogP contribution >= 0.6 is 11.6 Å². The number of hydrogen-bond acceptors (Lipinski definition) is 29. The van der Waals surface area contributed by atoms with E-state index in [0.717, 1.165) is 36.1 Å². The fourth-order valence-electron chi connectivity index (χ4n) is 14.1. The second kappa shape index (κ2) is 37.2. The number of ether oxygens (including phenoxy) is 8. The van der Waals surface area contributed by atoms with Crippen molar-refractivity contribution >= 4 is 34.3 Å². The molecule has 35 heteroatoms. The quantitative estimate of drug-likeness (QED) is 0.0355. The van der Waals surface area contributed by atoms with Gasteiger partial charge in [0.15, 0.2) is 28.7 Å². The molecule has 0 aliphatic carbocycles. The van der Waals surface area contributed by atoms with Gasteiger partial charge in [0.1, 0.15) is 95.2 Å². The fourth-order valence-corrected chi connectivity index (χ4v) is 14.3. The fraction of sp³-hybridized carbons (Fsp3) is 0.422. The first-order valence-corrected chi connectivity index (χ1v) is 38.9. The summed E-state index contributed by atoms with van der Waals surface area (Å²) in [6.07, 6.45) is -17.2.